The summed E-state index contributed by atoms with van der Waals surface area (Å²) in [6, 6.07) is 40.1. The number of aryl methyl sites for hydroxylation is 1. The zero-order valence-electron chi connectivity index (χ0n) is 27.2. The van der Waals surface area contributed by atoms with Gasteiger partial charge in [0, 0.05) is 56.5 Å². The number of para-hydroxylation sites is 2. The van der Waals surface area contributed by atoms with Crippen LogP contribution in [0.25, 0.3) is 55.8 Å². The summed E-state index contributed by atoms with van der Waals surface area (Å²) < 4.78 is 2.48. The van der Waals surface area contributed by atoms with Gasteiger partial charge in [-0.3, -0.25) is 14.5 Å². The van der Waals surface area contributed by atoms with Gasteiger partial charge in [-0.2, -0.15) is 0 Å². The number of fused-ring (bicyclic) bond motifs is 7. The van der Waals surface area contributed by atoms with Crippen molar-refractivity contribution in [2.45, 2.75) is 32.7 Å². The van der Waals surface area contributed by atoms with Crippen molar-refractivity contribution in [3.8, 4) is 39.2 Å². The first-order valence-electron chi connectivity index (χ1n) is 16.9. The first-order valence-corrected chi connectivity index (χ1v) is 16.9. The van der Waals surface area contributed by atoms with Crippen LogP contribution in [0, 0.1) is 6.92 Å². The average Bonchev–Trinajstić information content (AvgIpc) is 3.40. The van der Waals surface area contributed by atoms with E-state index in [0.717, 1.165) is 52.6 Å². The zero-order valence-corrected chi connectivity index (χ0v) is 27.2. The smallest absolute Gasteiger partial charge is 0.131 e. The topological polar surface area (TPSA) is 33.1 Å². The highest BCUT2D eigenvalue weighted by Crippen LogP contribution is 2.54. The number of nitrogens with zero attached hydrogens (tertiary/aromatic N) is 3. The Labute approximate surface area is 281 Å². The quantitative estimate of drug-likeness (QED) is 0.213. The van der Waals surface area contributed by atoms with E-state index in [1.165, 1.54) is 44.5 Å². The normalized spacial score (nSPS) is 16.4. The number of allylic oxidation sites excluding steroid dienone is 5. The van der Waals surface area contributed by atoms with E-state index in [4.69, 9.17) is 4.98 Å². The third-order valence-electron chi connectivity index (χ3n) is 9.64. The monoisotopic (exact) mass is 620 g/mol. The van der Waals surface area contributed by atoms with Gasteiger partial charge in [-0.1, -0.05) is 91.0 Å². The molecule has 0 fully saturated rings. The van der Waals surface area contributed by atoms with E-state index in [1.807, 2.05) is 0 Å². The van der Waals surface area contributed by atoms with Crippen LogP contribution >= 0.6 is 0 Å². The molecule has 0 spiro atoms. The lowest BCUT2D eigenvalue weighted by molar-refractivity contribution is 0.778. The second kappa shape index (κ2) is 11.4. The number of rotatable bonds is 4. The number of hydrogen-bond acceptors (Lipinski definition) is 3. The highest BCUT2D eigenvalue weighted by Gasteiger charge is 2.33. The highest BCUT2D eigenvalue weighted by atomic mass is 15.3. The molecule has 4 nitrogen and oxygen atoms in total. The molecule has 1 N–H and O–H groups in total. The van der Waals surface area contributed by atoms with Gasteiger partial charge in [0.05, 0.1) is 16.9 Å². The summed E-state index contributed by atoms with van der Waals surface area (Å²) in [6.45, 7) is 4.25. The van der Waals surface area contributed by atoms with Crippen LogP contribution in [0.3, 0.4) is 0 Å². The van der Waals surface area contributed by atoms with Gasteiger partial charge in [-0.05, 0) is 92.4 Å². The van der Waals surface area contributed by atoms with Crippen molar-refractivity contribution in [2.75, 3.05) is 4.90 Å². The van der Waals surface area contributed by atoms with Gasteiger partial charge in [0.25, 0.3) is 0 Å². The molecule has 1 atom stereocenters. The minimum atomic E-state index is 0.242. The van der Waals surface area contributed by atoms with Crippen LogP contribution in [0.5, 0.6) is 0 Å². The largest absolute Gasteiger partial charge is 0.379 e. The molecule has 0 saturated heterocycles. The van der Waals surface area contributed by atoms with Crippen molar-refractivity contribution in [3.05, 3.63) is 163 Å². The summed E-state index contributed by atoms with van der Waals surface area (Å²) >= 11 is 0. The van der Waals surface area contributed by atoms with E-state index < -0.39 is 0 Å². The minimum Gasteiger partial charge on any atom is -0.379 e. The van der Waals surface area contributed by atoms with Crippen molar-refractivity contribution >= 4 is 28.1 Å². The Morgan fingerprint density at radius 2 is 1.56 bits per heavy atom. The molecule has 4 heteroatoms. The molecule has 3 aliphatic rings. The molecule has 4 heterocycles. The van der Waals surface area contributed by atoms with E-state index in [9.17, 15) is 0 Å². The van der Waals surface area contributed by atoms with E-state index in [2.05, 4.69) is 174 Å². The Morgan fingerprint density at radius 1 is 0.771 bits per heavy atom. The van der Waals surface area contributed by atoms with Crippen LogP contribution in [0.4, 0.5) is 11.5 Å². The van der Waals surface area contributed by atoms with E-state index in [0.29, 0.717) is 0 Å². The lowest BCUT2D eigenvalue weighted by Crippen LogP contribution is -2.24. The van der Waals surface area contributed by atoms with E-state index in [-0.39, 0.29) is 6.04 Å². The van der Waals surface area contributed by atoms with Crippen LogP contribution in [0.2, 0.25) is 0 Å². The number of aromatic nitrogens is 2. The second-order valence-electron chi connectivity index (χ2n) is 12.9. The number of benzene rings is 4. The molecular formula is C44H36N4. The zero-order chi connectivity index (χ0) is 32.2. The molecule has 0 saturated carbocycles. The molecule has 1 unspecified atom stereocenters. The summed E-state index contributed by atoms with van der Waals surface area (Å²) in [5.74, 6) is 1.14. The maximum Gasteiger partial charge on any atom is 0.131 e. The molecule has 4 aromatic carbocycles. The second-order valence-corrected chi connectivity index (χ2v) is 12.9. The number of pyridine rings is 1. The maximum absolute atomic E-state index is 4.99. The molecule has 48 heavy (non-hydrogen) atoms. The number of dihydropyridines is 1. The van der Waals surface area contributed by atoms with Gasteiger partial charge < -0.3 is 5.32 Å². The molecule has 0 amide bonds. The van der Waals surface area contributed by atoms with Gasteiger partial charge in [-0.25, -0.2) is 0 Å². The first-order chi connectivity index (χ1) is 23.6. The lowest BCUT2D eigenvalue weighted by Gasteiger charge is -2.30. The summed E-state index contributed by atoms with van der Waals surface area (Å²) in [5, 5.41) is 4.93. The Balaban J connectivity index is 1.42. The molecule has 2 aromatic heterocycles. The molecule has 6 aromatic rings. The minimum absolute atomic E-state index is 0.242. The van der Waals surface area contributed by atoms with Crippen LogP contribution in [-0.4, -0.2) is 15.6 Å². The summed E-state index contributed by atoms with van der Waals surface area (Å²) in [6.07, 6.45) is 15.6. The Hall–Kier alpha value is -5.87. The maximum atomic E-state index is 4.99. The van der Waals surface area contributed by atoms with Gasteiger partial charge in [-0.15, -0.1) is 0 Å². The molecule has 2 aliphatic heterocycles. The number of nitrogens with one attached hydrogen (secondary N) is 1. The third-order valence-corrected chi connectivity index (χ3v) is 9.64. The predicted octanol–water partition coefficient (Wildman–Crippen LogP) is 10.9. The van der Waals surface area contributed by atoms with Gasteiger partial charge in [0.1, 0.15) is 5.82 Å². The van der Waals surface area contributed by atoms with Crippen molar-refractivity contribution in [3.63, 3.8) is 0 Å². The van der Waals surface area contributed by atoms with Crippen molar-refractivity contribution < 1.29 is 0 Å². The fourth-order valence-electron chi connectivity index (χ4n) is 7.53. The molecular weight excluding hydrogens is 585 g/mol. The van der Waals surface area contributed by atoms with Crippen molar-refractivity contribution in [1.82, 2.24) is 14.9 Å². The molecule has 0 radical (unpaired) electrons. The lowest BCUT2D eigenvalue weighted by atomic mass is 9.94. The Kier molecular flexibility index (Phi) is 6.75. The SMILES string of the molecule is Cc1cccc(-c2cc(C3=CC=CC(C)N3)cc(-n3c4c(c5ccccc53)-c3ccccc3-c3ccccc3N4C3=CCCC=C3)c2)n1. The summed E-state index contributed by atoms with van der Waals surface area (Å²) in [5.41, 5.74) is 14.9. The molecule has 232 valence electrons. The fraction of sp³-hybridized carbons (Fsp3) is 0.114. The molecule has 1 aliphatic carbocycles. The van der Waals surface area contributed by atoms with Gasteiger partial charge in [0.2, 0.25) is 0 Å². The Bertz CT molecular complexity index is 2370. The van der Waals surface area contributed by atoms with Gasteiger partial charge in [0.15, 0.2) is 0 Å². The van der Waals surface area contributed by atoms with Crippen molar-refractivity contribution in [1.29, 1.82) is 0 Å². The van der Waals surface area contributed by atoms with E-state index in [1.54, 1.807) is 0 Å². The standard InChI is InChI=1S/C44H36N4/c1-29-14-12-22-39(45-29)31-26-32(40-23-13-15-30(2)46-40)28-34(27-31)48-42-25-11-9-21-38(42)43-37-20-7-6-18-35(37)36-19-8-10-24-41(36)47(44(43)48)33-16-4-3-5-17-33/h4,6-29,45H,3,5H2,1-2H3. The third kappa shape index (κ3) is 4.64. The highest BCUT2D eigenvalue weighted by molar-refractivity contribution is 6.12. The summed E-state index contributed by atoms with van der Waals surface area (Å²) in [4.78, 5) is 7.49. The molecule has 9 rings (SSSR count). The molecule has 0 bridgehead atoms. The van der Waals surface area contributed by atoms with Crippen LogP contribution in [-0.2, 0) is 0 Å². The summed E-state index contributed by atoms with van der Waals surface area (Å²) in [7, 11) is 0. The Morgan fingerprint density at radius 3 is 2.40 bits per heavy atom. The van der Waals surface area contributed by atoms with Crippen LogP contribution in [0.1, 0.15) is 31.0 Å². The van der Waals surface area contributed by atoms with Crippen LogP contribution in [0.15, 0.2) is 151 Å². The first kappa shape index (κ1) is 28.4. The number of hydrogen-bond donors (Lipinski definition) is 1. The predicted molar refractivity (Wildman–Crippen MR) is 200 cm³/mol. The van der Waals surface area contributed by atoms with Crippen molar-refractivity contribution in [2.24, 2.45) is 0 Å². The van der Waals surface area contributed by atoms with Gasteiger partial charge >= 0.3 is 0 Å². The fourth-order valence-corrected chi connectivity index (χ4v) is 7.53. The van der Waals surface area contributed by atoms with E-state index >= 15 is 0 Å². The van der Waals surface area contributed by atoms with Crippen LogP contribution < -0.4 is 10.2 Å². The number of anilines is 2. The average molecular weight is 621 g/mol.